The summed E-state index contributed by atoms with van der Waals surface area (Å²) < 4.78 is 0.854. The van der Waals surface area contributed by atoms with Crippen molar-refractivity contribution in [3.63, 3.8) is 0 Å². The lowest BCUT2D eigenvalue weighted by atomic mass is 9.89. The fraction of sp³-hybridized carbons (Fsp3) is 0.440. The van der Waals surface area contributed by atoms with Crippen molar-refractivity contribution >= 4 is 39.3 Å². The number of anilines is 1. The molecule has 1 saturated heterocycles. The number of piperidine rings is 1. The molecule has 1 fully saturated rings. The first kappa shape index (κ1) is 22.6. The average molecular weight is 498 g/mol. The number of carbonyl (C=O) groups excluding carboxylic acids is 3. The van der Waals surface area contributed by atoms with Crippen LogP contribution in [0.2, 0.25) is 0 Å². The van der Waals surface area contributed by atoms with Gasteiger partial charge in [-0.15, -0.1) is 0 Å². The molecule has 1 aliphatic heterocycles. The number of Topliss-reactive ketones (excluding diaryl/α,β-unsaturated/α-hetero) is 1. The summed E-state index contributed by atoms with van der Waals surface area (Å²) in [5.74, 6) is 0.348. The Morgan fingerprint density at radius 1 is 1.00 bits per heavy atom. The molecule has 0 saturated carbocycles. The number of pyridine rings is 1. The Kier molecular flexibility index (Phi) is 7.35. The topological polar surface area (TPSA) is 79.4 Å². The highest BCUT2D eigenvalue weighted by Gasteiger charge is 2.27. The van der Waals surface area contributed by atoms with E-state index >= 15 is 0 Å². The second kappa shape index (κ2) is 10.4. The number of nitrogens with one attached hydrogen (secondary N) is 1. The van der Waals surface area contributed by atoms with Gasteiger partial charge in [0.1, 0.15) is 5.82 Å². The number of likely N-dealkylation sites (tertiary alicyclic amines) is 1. The van der Waals surface area contributed by atoms with Crippen molar-refractivity contribution in [1.82, 2.24) is 9.88 Å². The van der Waals surface area contributed by atoms with E-state index in [1.165, 1.54) is 24.0 Å². The van der Waals surface area contributed by atoms with Crippen LogP contribution < -0.4 is 5.32 Å². The molecule has 1 N–H and O–H groups in total. The monoisotopic (exact) mass is 497 g/mol. The highest BCUT2D eigenvalue weighted by atomic mass is 79.9. The summed E-state index contributed by atoms with van der Waals surface area (Å²) in [7, 11) is 0. The molecule has 2 amide bonds. The fourth-order valence-electron chi connectivity index (χ4n) is 4.50. The number of benzene rings is 1. The number of hydrogen-bond donors (Lipinski definition) is 1. The van der Waals surface area contributed by atoms with E-state index in [2.05, 4.69) is 32.3 Å². The minimum Gasteiger partial charge on any atom is -0.343 e. The largest absolute Gasteiger partial charge is 0.343 e. The summed E-state index contributed by atoms with van der Waals surface area (Å²) >= 11 is 3.32. The van der Waals surface area contributed by atoms with E-state index in [-0.39, 0.29) is 36.4 Å². The van der Waals surface area contributed by atoms with Crippen molar-refractivity contribution in [2.75, 3.05) is 18.4 Å². The van der Waals surface area contributed by atoms with Crippen LogP contribution in [0.3, 0.4) is 0 Å². The Morgan fingerprint density at radius 3 is 2.47 bits per heavy atom. The van der Waals surface area contributed by atoms with E-state index in [0.29, 0.717) is 31.7 Å². The summed E-state index contributed by atoms with van der Waals surface area (Å²) in [5.41, 5.74) is 3.36. The number of aryl methyl sites for hydroxylation is 2. The van der Waals surface area contributed by atoms with Gasteiger partial charge in [0.25, 0.3) is 0 Å². The zero-order chi connectivity index (χ0) is 22.5. The van der Waals surface area contributed by atoms with Gasteiger partial charge in [0.05, 0.1) is 0 Å². The van der Waals surface area contributed by atoms with Gasteiger partial charge in [-0.25, -0.2) is 4.98 Å². The molecule has 2 heterocycles. The molecule has 0 bridgehead atoms. The first-order valence-electron chi connectivity index (χ1n) is 11.3. The van der Waals surface area contributed by atoms with E-state index in [0.717, 1.165) is 22.9 Å². The second-order valence-electron chi connectivity index (χ2n) is 8.62. The van der Waals surface area contributed by atoms with E-state index in [1.807, 2.05) is 18.2 Å². The smallest absolute Gasteiger partial charge is 0.228 e. The highest BCUT2D eigenvalue weighted by molar-refractivity contribution is 9.10. The predicted molar refractivity (Wildman–Crippen MR) is 127 cm³/mol. The third-order valence-corrected chi connectivity index (χ3v) is 6.90. The van der Waals surface area contributed by atoms with Crippen molar-refractivity contribution in [2.24, 2.45) is 5.92 Å². The zero-order valence-corrected chi connectivity index (χ0v) is 19.7. The van der Waals surface area contributed by atoms with Gasteiger partial charge >= 0.3 is 0 Å². The number of aromatic nitrogens is 1. The van der Waals surface area contributed by atoms with Gasteiger partial charge < -0.3 is 10.2 Å². The molecule has 0 atom stereocenters. The maximum absolute atomic E-state index is 12.6. The lowest BCUT2D eigenvalue weighted by Crippen LogP contribution is -2.41. The number of rotatable bonds is 6. The molecule has 4 rings (SSSR count). The van der Waals surface area contributed by atoms with E-state index < -0.39 is 0 Å². The first-order chi connectivity index (χ1) is 15.5. The average Bonchev–Trinajstić information content (AvgIpc) is 2.83. The standard InChI is InChI=1S/C25H28BrN3O3/c26-21-7-9-23(27-16-21)28-25(32)18-11-13-29(14-12-18)24(31)10-8-22(30)20-6-5-17-3-1-2-4-19(17)15-20/h5-7,9,15-16,18H,1-4,8,10-14H2,(H,27,28,32). The van der Waals surface area contributed by atoms with Crippen molar-refractivity contribution in [2.45, 2.75) is 51.4 Å². The minimum absolute atomic E-state index is 0.00950. The molecule has 1 aromatic heterocycles. The molecule has 32 heavy (non-hydrogen) atoms. The zero-order valence-electron chi connectivity index (χ0n) is 18.1. The summed E-state index contributed by atoms with van der Waals surface area (Å²) in [5, 5.41) is 2.84. The van der Waals surface area contributed by atoms with Crippen LogP contribution in [-0.4, -0.2) is 40.6 Å². The molecular formula is C25H28BrN3O3. The predicted octanol–water partition coefficient (Wildman–Crippen LogP) is 4.56. The summed E-state index contributed by atoms with van der Waals surface area (Å²) in [6, 6.07) is 9.58. The number of nitrogens with zero attached hydrogens (tertiary/aromatic N) is 2. The Morgan fingerprint density at radius 2 is 1.75 bits per heavy atom. The van der Waals surface area contributed by atoms with Crippen molar-refractivity contribution in [3.05, 3.63) is 57.7 Å². The minimum atomic E-state index is -0.137. The highest BCUT2D eigenvalue weighted by Crippen LogP contribution is 2.24. The van der Waals surface area contributed by atoms with Crippen LogP contribution >= 0.6 is 15.9 Å². The number of fused-ring (bicyclic) bond motifs is 1. The quantitative estimate of drug-likeness (QED) is 0.593. The Hall–Kier alpha value is -2.54. The van der Waals surface area contributed by atoms with Crippen LogP contribution in [0.4, 0.5) is 5.82 Å². The molecular weight excluding hydrogens is 470 g/mol. The van der Waals surface area contributed by atoms with E-state index in [4.69, 9.17) is 0 Å². The van der Waals surface area contributed by atoms with Crippen LogP contribution in [0.1, 0.15) is 60.0 Å². The normalized spacial score (nSPS) is 16.3. The fourth-order valence-corrected chi connectivity index (χ4v) is 4.73. The molecule has 0 unspecified atom stereocenters. The van der Waals surface area contributed by atoms with Gasteiger partial charge in [0, 0.05) is 48.1 Å². The molecule has 168 valence electrons. The molecule has 2 aromatic rings. The van der Waals surface area contributed by atoms with E-state index in [9.17, 15) is 14.4 Å². The van der Waals surface area contributed by atoms with Crippen molar-refractivity contribution < 1.29 is 14.4 Å². The Bertz CT molecular complexity index is 998. The van der Waals surface area contributed by atoms with Crippen LogP contribution in [0.15, 0.2) is 41.0 Å². The van der Waals surface area contributed by atoms with Gasteiger partial charge in [0.15, 0.2) is 5.78 Å². The van der Waals surface area contributed by atoms with Crippen molar-refractivity contribution in [1.29, 1.82) is 0 Å². The third-order valence-electron chi connectivity index (χ3n) is 6.43. The van der Waals surface area contributed by atoms with Gasteiger partial charge in [-0.3, -0.25) is 14.4 Å². The lowest BCUT2D eigenvalue weighted by Gasteiger charge is -2.31. The molecule has 0 radical (unpaired) electrons. The molecule has 7 heteroatoms. The van der Waals surface area contributed by atoms with Crippen LogP contribution in [-0.2, 0) is 22.4 Å². The van der Waals surface area contributed by atoms with Crippen LogP contribution in [0.5, 0.6) is 0 Å². The van der Waals surface area contributed by atoms with Crippen LogP contribution in [0, 0.1) is 5.92 Å². The molecule has 1 aliphatic carbocycles. The van der Waals surface area contributed by atoms with Crippen LogP contribution in [0.25, 0.3) is 0 Å². The Balaban J connectivity index is 1.22. The molecule has 0 spiro atoms. The van der Waals surface area contributed by atoms with Gasteiger partial charge in [-0.05, 0) is 83.8 Å². The molecule has 6 nitrogen and oxygen atoms in total. The summed E-state index contributed by atoms with van der Waals surface area (Å²) in [6.07, 6.45) is 7.85. The molecule has 2 aliphatic rings. The summed E-state index contributed by atoms with van der Waals surface area (Å²) in [4.78, 5) is 43.7. The van der Waals surface area contributed by atoms with Gasteiger partial charge in [-0.1, -0.05) is 12.1 Å². The number of ketones is 1. The maximum atomic E-state index is 12.6. The Labute approximate surface area is 196 Å². The first-order valence-corrected chi connectivity index (χ1v) is 12.1. The number of hydrogen-bond acceptors (Lipinski definition) is 4. The lowest BCUT2D eigenvalue weighted by molar-refractivity contribution is -0.134. The molecule has 1 aromatic carbocycles. The van der Waals surface area contributed by atoms with E-state index in [1.54, 1.807) is 17.2 Å². The maximum Gasteiger partial charge on any atom is 0.228 e. The number of halogens is 1. The number of carbonyl (C=O) groups is 3. The second-order valence-corrected chi connectivity index (χ2v) is 9.54. The van der Waals surface area contributed by atoms with Gasteiger partial charge in [-0.2, -0.15) is 0 Å². The third kappa shape index (κ3) is 5.63. The van der Waals surface area contributed by atoms with Gasteiger partial charge in [0.2, 0.25) is 11.8 Å². The number of amides is 2. The summed E-state index contributed by atoms with van der Waals surface area (Å²) in [6.45, 7) is 1.08. The van der Waals surface area contributed by atoms with Crippen molar-refractivity contribution in [3.8, 4) is 0 Å². The SMILES string of the molecule is O=C(CCC(=O)N1CCC(C(=O)Nc2ccc(Br)cn2)CC1)c1ccc2c(c1)CCCC2.